The Hall–Kier alpha value is -2.93. The molecule has 0 N–H and O–H groups in total. The quantitative estimate of drug-likeness (QED) is 0.691. The highest BCUT2D eigenvalue weighted by molar-refractivity contribution is 5.58. The van der Waals surface area contributed by atoms with Crippen molar-refractivity contribution in [2.75, 3.05) is 0 Å². The SMILES string of the molecule is Fc1ccc(-c2cc(CC#CCc3ccccn3)on2)cc1. The van der Waals surface area contributed by atoms with Gasteiger partial charge in [0.2, 0.25) is 0 Å². The van der Waals surface area contributed by atoms with Crippen molar-refractivity contribution >= 4 is 0 Å². The van der Waals surface area contributed by atoms with Crippen molar-refractivity contribution in [2.24, 2.45) is 0 Å². The number of nitrogens with zero attached hydrogens (tertiary/aromatic N) is 2. The largest absolute Gasteiger partial charge is 0.360 e. The van der Waals surface area contributed by atoms with Crippen LogP contribution in [-0.2, 0) is 12.8 Å². The zero-order valence-corrected chi connectivity index (χ0v) is 11.8. The minimum Gasteiger partial charge on any atom is -0.360 e. The van der Waals surface area contributed by atoms with Gasteiger partial charge in [-0.2, -0.15) is 0 Å². The van der Waals surface area contributed by atoms with Crippen molar-refractivity contribution in [1.29, 1.82) is 0 Å². The second-order valence-corrected chi connectivity index (χ2v) is 4.71. The molecule has 108 valence electrons. The third-order valence-electron chi connectivity index (χ3n) is 3.08. The summed E-state index contributed by atoms with van der Waals surface area (Å²) in [7, 11) is 0. The van der Waals surface area contributed by atoms with Crippen molar-refractivity contribution in [2.45, 2.75) is 12.8 Å². The summed E-state index contributed by atoms with van der Waals surface area (Å²) in [5, 5.41) is 3.98. The maximum Gasteiger partial charge on any atom is 0.149 e. The molecule has 0 atom stereocenters. The number of pyridine rings is 1. The summed E-state index contributed by atoms with van der Waals surface area (Å²) in [6.45, 7) is 0. The number of hydrogen-bond acceptors (Lipinski definition) is 3. The Bertz CT molecular complexity index is 798. The second-order valence-electron chi connectivity index (χ2n) is 4.71. The molecule has 3 nitrogen and oxygen atoms in total. The molecule has 0 saturated carbocycles. The highest BCUT2D eigenvalue weighted by Gasteiger charge is 2.05. The minimum atomic E-state index is -0.271. The molecule has 0 radical (unpaired) electrons. The normalized spacial score (nSPS) is 10.0. The van der Waals surface area contributed by atoms with Crippen molar-refractivity contribution in [1.82, 2.24) is 10.1 Å². The standard InChI is InChI=1S/C18H13FN2O/c19-15-10-8-14(9-11-15)18-13-17(22-21-18)7-2-1-5-16-6-3-4-12-20-16/h3-4,6,8-13H,5,7H2. The van der Waals surface area contributed by atoms with E-state index in [2.05, 4.69) is 22.0 Å². The number of hydrogen-bond donors (Lipinski definition) is 0. The van der Waals surface area contributed by atoms with Crippen molar-refractivity contribution in [3.05, 3.63) is 72.0 Å². The third kappa shape index (κ3) is 3.58. The predicted molar refractivity (Wildman–Crippen MR) is 81.3 cm³/mol. The van der Waals surface area contributed by atoms with Crippen LogP contribution in [0.15, 0.2) is 59.3 Å². The molecule has 2 heterocycles. The summed E-state index contributed by atoms with van der Waals surface area (Å²) < 4.78 is 18.1. The molecular formula is C18H13FN2O. The fraction of sp³-hybridized carbons (Fsp3) is 0.111. The summed E-state index contributed by atoms with van der Waals surface area (Å²) in [4.78, 5) is 4.21. The maximum atomic E-state index is 12.9. The first kappa shape index (κ1) is 14.0. The van der Waals surface area contributed by atoms with Crippen molar-refractivity contribution in [3.8, 4) is 23.1 Å². The van der Waals surface area contributed by atoms with Crippen LogP contribution < -0.4 is 0 Å². The van der Waals surface area contributed by atoms with E-state index in [1.54, 1.807) is 18.3 Å². The molecule has 0 aliphatic carbocycles. The zero-order valence-electron chi connectivity index (χ0n) is 11.8. The van der Waals surface area contributed by atoms with E-state index in [0.717, 1.165) is 11.3 Å². The van der Waals surface area contributed by atoms with Crippen LogP contribution in [0.1, 0.15) is 11.5 Å². The summed E-state index contributed by atoms with van der Waals surface area (Å²) in [5.41, 5.74) is 2.44. The molecule has 2 aromatic heterocycles. The van der Waals surface area contributed by atoms with Gasteiger partial charge in [-0.3, -0.25) is 4.98 Å². The van der Waals surface area contributed by atoms with E-state index in [0.29, 0.717) is 24.3 Å². The molecule has 3 rings (SSSR count). The molecule has 0 aliphatic heterocycles. The van der Waals surface area contributed by atoms with Gasteiger partial charge in [-0.15, -0.1) is 0 Å². The van der Waals surface area contributed by atoms with Gasteiger partial charge in [0.05, 0.1) is 18.5 Å². The van der Waals surface area contributed by atoms with Crippen molar-refractivity contribution in [3.63, 3.8) is 0 Å². The number of benzene rings is 1. The maximum absolute atomic E-state index is 12.9. The minimum absolute atomic E-state index is 0.271. The van der Waals surface area contributed by atoms with E-state index >= 15 is 0 Å². The number of aromatic nitrogens is 2. The average molecular weight is 292 g/mol. The molecular weight excluding hydrogens is 279 g/mol. The first-order valence-electron chi connectivity index (χ1n) is 6.88. The lowest BCUT2D eigenvalue weighted by atomic mass is 10.1. The molecule has 0 bridgehead atoms. The number of halogens is 1. The Kier molecular flexibility index (Phi) is 4.26. The lowest BCUT2D eigenvalue weighted by Crippen LogP contribution is -1.85. The van der Waals surface area contributed by atoms with Crippen LogP contribution in [0.3, 0.4) is 0 Å². The number of rotatable bonds is 3. The first-order valence-corrected chi connectivity index (χ1v) is 6.88. The van der Waals surface area contributed by atoms with Crippen LogP contribution in [0.4, 0.5) is 4.39 Å². The van der Waals surface area contributed by atoms with Gasteiger partial charge < -0.3 is 4.52 Å². The molecule has 0 saturated heterocycles. The monoisotopic (exact) mass is 292 g/mol. The van der Waals surface area contributed by atoms with Crippen LogP contribution in [0, 0.1) is 17.7 Å². The Morgan fingerprint density at radius 1 is 1.00 bits per heavy atom. The third-order valence-corrected chi connectivity index (χ3v) is 3.08. The van der Waals surface area contributed by atoms with E-state index in [4.69, 9.17) is 4.52 Å². The molecule has 22 heavy (non-hydrogen) atoms. The Morgan fingerprint density at radius 2 is 1.82 bits per heavy atom. The highest BCUT2D eigenvalue weighted by Crippen LogP contribution is 2.19. The van der Waals surface area contributed by atoms with Gasteiger partial charge >= 0.3 is 0 Å². The van der Waals surface area contributed by atoms with Gasteiger partial charge in [-0.1, -0.05) is 23.1 Å². The van der Waals surface area contributed by atoms with Crippen LogP contribution in [0.25, 0.3) is 11.3 Å². The van der Waals surface area contributed by atoms with Crippen LogP contribution in [0.5, 0.6) is 0 Å². The van der Waals surface area contributed by atoms with Crippen molar-refractivity contribution < 1.29 is 8.91 Å². The van der Waals surface area contributed by atoms with Crippen LogP contribution in [0.2, 0.25) is 0 Å². The fourth-order valence-corrected chi connectivity index (χ4v) is 1.96. The van der Waals surface area contributed by atoms with E-state index < -0.39 is 0 Å². The van der Waals surface area contributed by atoms with Gasteiger partial charge in [0.15, 0.2) is 0 Å². The lowest BCUT2D eigenvalue weighted by molar-refractivity contribution is 0.394. The van der Waals surface area contributed by atoms with E-state index in [1.807, 2.05) is 24.3 Å². The van der Waals surface area contributed by atoms with Crippen LogP contribution >= 0.6 is 0 Å². The van der Waals surface area contributed by atoms with Gasteiger partial charge in [0.25, 0.3) is 0 Å². The van der Waals surface area contributed by atoms with E-state index in [9.17, 15) is 4.39 Å². The molecule has 4 heteroatoms. The lowest BCUT2D eigenvalue weighted by Gasteiger charge is -1.93. The Morgan fingerprint density at radius 3 is 2.59 bits per heavy atom. The van der Waals surface area contributed by atoms with Gasteiger partial charge in [-0.25, -0.2) is 4.39 Å². The van der Waals surface area contributed by atoms with E-state index in [-0.39, 0.29) is 5.82 Å². The van der Waals surface area contributed by atoms with Gasteiger partial charge in [0, 0.05) is 17.8 Å². The summed E-state index contributed by atoms with van der Waals surface area (Å²) in [6, 6.07) is 13.7. The second kappa shape index (κ2) is 6.68. The molecule has 1 aromatic carbocycles. The average Bonchev–Trinajstić information content (AvgIpc) is 3.02. The van der Waals surface area contributed by atoms with Crippen LogP contribution in [-0.4, -0.2) is 10.1 Å². The molecule has 0 spiro atoms. The fourth-order valence-electron chi connectivity index (χ4n) is 1.96. The molecule has 0 aliphatic rings. The molecule has 0 fully saturated rings. The first-order chi connectivity index (χ1) is 10.8. The van der Waals surface area contributed by atoms with Gasteiger partial charge in [-0.05, 0) is 36.4 Å². The predicted octanol–water partition coefficient (Wildman–Crippen LogP) is 3.66. The molecule has 0 amide bonds. The smallest absolute Gasteiger partial charge is 0.149 e. The molecule has 0 unspecified atom stereocenters. The summed E-state index contributed by atoms with van der Waals surface area (Å²) in [6.07, 6.45) is 2.85. The van der Waals surface area contributed by atoms with Gasteiger partial charge in [0.1, 0.15) is 17.3 Å². The highest BCUT2D eigenvalue weighted by atomic mass is 19.1. The Labute approximate surface area is 127 Å². The van der Waals surface area contributed by atoms with E-state index in [1.165, 1.54) is 12.1 Å². The Balaban J connectivity index is 1.62. The zero-order chi connectivity index (χ0) is 15.2. The summed E-state index contributed by atoms with van der Waals surface area (Å²) in [5.74, 6) is 6.51. The molecule has 3 aromatic rings. The summed E-state index contributed by atoms with van der Waals surface area (Å²) >= 11 is 0. The topological polar surface area (TPSA) is 38.9 Å².